The summed E-state index contributed by atoms with van der Waals surface area (Å²) in [6.07, 6.45) is 2.11. The Morgan fingerprint density at radius 1 is 1.64 bits per heavy atom. The van der Waals surface area contributed by atoms with E-state index in [4.69, 9.17) is 15.9 Å². The minimum atomic E-state index is -0.863. The first-order valence-electron chi connectivity index (χ1n) is 4.32. The van der Waals surface area contributed by atoms with Gasteiger partial charge in [0.1, 0.15) is 0 Å². The molecule has 0 aliphatic carbocycles. The van der Waals surface area contributed by atoms with Gasteiger partial charge in [-0.15, -0.1) is 0 Å². The van der Waals surface area contributed by atoms with Crippen LogP contribution in [-0.2, 0) is 4.43 Å². The summed E-state index contributed by atoms with van der Waals surface area (Å²) < 4.78 is 5.51. The Hall–Kier alpha value is 0.314. The van der Waals surface area contributed by atoms with Crippen molar-refractivity contribution in [2.24, 2.45) is 11.5 Å². The molecule has 66 valence electrons. The Labute approximate surface area is 71.8 Å². The van der Waals surface area contributed by atoms with Crippen molar-refractivity contribution in [2.45, 2.75) is 31.1 Å². The highest BCUT2D eigenvalue weighted by atomic mass is 29.2. The Balaban J connectivity index is 2.43. The Kier molecular flexibility index (Phi) is 3.26. The molecule has 1 fully saturated rings. The maximum Gasteiger partial charge on any atom is 0.151 e. The molecule has 0 saturated carbocycles. The van der Waals surface area contributed by atoms with Crippen molar-refractivity contribution >= 4 is 17.6 Å². The van der Waals surface area contributed by atoms with Crippen molar-refractivity contribution in [2.75, 3.05) is 6.61 Å². The Bertz CT molecular complexity index is 126. The first-order valence-corrected chi connectivity index (χ1v) is 9.56. The maximum atomic E-state index is 5.98. The standard InChI is InChI=1S/C6H18N2OSi2/c1-2-6(7,8)11-5-3-4-9-10-11/h11H,2-5,7-8,10H2,1H3. The highest BCUT2D eigenvalue weighted by molar-refractivity contribution is 7.11. The van der Waals surface area contributed by atoms with Gasteiger partial charge in [-0.2, -0.15) is 0 Å². The van der Waals surface area contributed by atoms with Gasteiger partial charge in [-0.3, -0.25) is 0 Å². The molecule has 1 aliphatic heterocycles. The summed E-state index contributed by atoms with van der Waals surface area (Å²) in [4.78, 5) is 0. The van der Waals surface area contributed by atoms with Crippen molar-refractivity contribution < 1.29 is 4.43 Å². The lowest BCUT2D eigenvalue weighted by molar-refractivity contribution is 0.331. The summed E-state index contributed by atoms with van der Waals surface area (Å²) in [5, 5.41) is -0.313. The minimum absolute atomic E-state index is 0.304. The molecule has 1 atom stereocenters. The van der Waals surface area contributed by atoms with Crippen LogP contribution >= 0.6 is 0 Å². The highest BCUT2D eigenvalue weighted by Gasteiger charge is 2.32. The van der Waals surface area contributed by atoms with E-state index in [-0.39, 0.29) is 14.6 Å². The maximum absolute atomic E-state index is 5.98. The molecule has 1 rings (SSSR count). The third kappa shape index (κ3) is 2.38. The quantitative estimate of drug-likeness (QED) is 0.424. The van der Waals surface area contributed by atoms with Gasteiger partial charge < -0.3 is 15.9 Å². The first-order chi connectivity index (χ1) is 5.17. The van der Waals surface area contributed by atoms with Crippen LogP contribution in [0, 0.1) is 0 Å². The van der Waals surface area contributed by atoms with Gasteiger partial charge in [-0.1, -0.05) is 13.0 Å². The van der Waals surface area contributed by atoms with Gasteiger partial charge in [0.2, 0.25) is 0 Å². The molecule has 0 radical (unpaired) electrons. The summed E-state index contributed by atoms with van der Waals surface area (Å²) >= 11 is 0. The summed E-state index contributed by atoms with van der Waals surface area (Å²) in [7, 11) is -1.17. The van der Waals surface area contributed by atoms with Gasteiger partial charge in [-0.25, -0.2) is 0 Å². The van der Waals surface area contributed by atoms with Crippen molar-refractivity contribution in [1.29, 1.82) is 0 Å². The normalized spacial score (nSPS) is 29.2. The van der Waals surface area contributed by atoms with E-state index in [9.17, 15) is 0 Å². The van der Waals surface area contributed by atoms with E-state index in [1.165, 1.54) is 12.5 Å². The van der Waals surface area contributed by atoms with Gasteiger partial charge in [0.05, 0.1) is 8.31 Å². The summed E-state index contributed by atoms with van der Waals surface area (Å²) in [5.74, 6) is 0. The lowest BCUT2D eigenvalue weighted by atomic mass is 10.4. The van der Waals surface area contributed by atoms with Crippen LogP contribution in [0.4, 0.5) is 0 Å². The molecule has 0 amide bonds. The minimum Gasteiger partial charge on any atom is -0.427 e. The molecular formula is C6H18N2OSi2. The fourth-order valence-corrected chi connectivity index (χ4v) is 8.88. The van der Waals surface area contributed by atoms with E-state index in [0.29, 0.717) is 0 Å². The van der Waals surface area contributed by atoms with Crippen LogP contribution in [0.2, 0.25) is 6.04 Å². The number of rotatable bonds is 2. The number of nitrogens with two attached hydrogens (primary N) is 2. The topological polar surface area (TPSA) is 61.3 Å². The SMILES string of the molecule is CCC(N)(N)[SiH]1CCCO[SiH2]1. The van der Waals surface area contributed by atoms with Crippen LogP contribution < -0.4 is 11.5 Å². The Morgan fingerprint density at radius 3 is 2.82 bits per heavy atom. The Morgan fingerprint density at radius 2 is 2.36 bits per heavy atom. The summed E-state index contributed by atoms with van der Waals surface area (Å²) in [6.45, 7) is 3.05. The zero-order chi connectivity index (χ0) is 8.32. The molecule has 1 unspecified atom stereocenters. The molecule has 1 aliphatic rings. The molecule has 5 heteroatoms. The molecule has 1 saturated heterocycles. The van der Waals surface area contributed by atoms with Crippen molar-refractivity contribution in [3.63, 3.8) is 0 Å². The second-order valence-electron chi connectivity index (χ2n) is 3.38. The van der Waals surface area contributed by atoms with Crippen LogP contribution in [0.3, 0.4) is 0 Å². The third-order valence-electron chi connectivity index (χ3n) is 2.53. The van der Waals surface area contributed by atoms with Crippen LogP contribution in [0.15, 0.2) is 0 Å². The molecule has 0 aromatic carbocycles. The van der Waals surface area contributed by atoms with Crippen molar-refractivity contribution in [3.8, 4) is 0 Å². The number of hydrogen-bond donors (Lipinski definition) is 2. The molecule has 0 aromatic rings. The van der Waals surface area contributed by atoms with Crippen molar-refractivity contribution in [1.82, 2.24) is 0 Å². The monoisotopic (exact) mass is 190 g/mol. The van der Waals surface area contributed by atoms with Crippen LogP contribution in [0.1, 0.15) is 19.8 Å². The lowest BCUT2D eigenvalue weighted by Gasteiger charge is -2.33. The van der Waals surface area contributed by atoms with Crippen molar-refractivity contribution in [3.05, 3.63) is 0 Å². The van der Waals surface area contributed by atoms with E-state index < -0.39 is 8.31 Å². The van der Waals surface area contributed by atoms with Gasteiger partial charge in [0.25, 0.3) is 0 Å². The van der Waals surface area contributed by atoms with Gasteiger partial charge in [0.15, 0.2) is 9.28 Å². The van der Waals surface area contributed by atoms with E-state index in [1.54, 1.807) is 0 Å². The van der Waals surface area contributed by atoms with E-state index in [1.807, 2.05) is 0 Å². The largest absolute Gasteiger partial charge is 0.427 e. The first kappa shape index (κ1) is 9.40. The predicted octanol–water partition coefficient (Wildman–Crippen LogP) is -1.22. The van der Waals surface area contributed by atoms with Crippen LogP contribution in [0.25, 0.3) is 0 Å². The molecule has 3 nitrogen and oxygen atoms in total. The van der Waals surface area contributed by atoms with E-state index in [0.717, 1.165) is 13.0 Å². The molecule has 0 bridgehead atoms. The fourth-order valence-electron chi connectivity index (χ4n) is 1.45. The van der Waals surface area contributed by atoms with Gasteiger partial charge >= 0.3 is 0 Å². The molecule has 1 heterocycles. The highest BCUT2D eigenvalue weighted by Crippen LogP contribution is 2.13. The second kappa shape index (κ2) is 3.82. The average molecular weight is 190 g/mol. The lowest BCUT2D eigenvalue weighted by Crippen LogP contribution is -2.64. The summed E-state index contributed by atoms with van der Waals surface area (Å²) in [5.41, 5.74) is 12.0. The zero-order valence-electron chi connectivity index (χ0n) is 7.18. The van der Waals surface area contributed by atoms with Crippen LogP contribution in [0.5, 0.6) is 0 Å². The smallest absolute Gasteiger partial charge is 0.151 e. The van der Waals surface area contributed by atoms with Crippen LogP contribution in [-0.4, -0.2) is 29.5 Å². The molecular weight excluding hydrogens is 172 g/mol. The van der Waals surface area contributed by atoms with E-state index >= 15 is 0 Å². The fraction of sp³-hybridized carbons (Fsp3) is 1.00. The molecule has 11 heavy (non-hydrogen) atoms. The predicted molar refractivity (Wildman–Crippen MR) is 52.5 cm³/mol. The van der Waals surface area contributed by atoms with Gasteiger partial charge in [-0.05, 0) is 12.8 Å². The zero-order valence-corrected chi connectivity index (χ0v) is 9.74. The molecule has 0 aromatic heterocycles. The average Bonchev–Trinajstić information content (AvgIpc) is 2.06. The van der Waals surface area contributed by atoms with E-state index in [2.05, 4.69) is 6.92 Å². The second-order valence-corrected chi connectivity index (χ2v) is 11.1. The molecule has 4 N–H and O–H groups in total. The summed E-state index contributed by atoms with van der Waals surface area (Å²) in [6, 6.07) is 1.31. The number of hydrogen-bond acceptors (Lipinski definition) is 3. The molecule has 0 spiro atoms. The van der Waals surface area contributed by atoms with Gasteiger partial charge in [0, 0.05) is 11.9 Å². The third-order valence-corrected chi connectivity index (χ3v) is 11.9.